The molecule has 1 aliphatic rings. The van der Waals surface area contributed by atoms with Crippen LogP contribution in [-0.2, 0) is 0 Å². The van der Waals surface area contributed by atoms with Crippen LogP contribution in [0.25, 0.3) is 0 Å². The van der Waals surface area contributed by atoms with Gasteiger partial charge in [0, 0.05) is 12.1 Å². The molecule has 2 atom stereocenters. The highest BCUT2D eigenvalue weighted by Gasteiger charge is 2.25. The van der Waals surface area contributed by atoms with Crippen molar-refractivity contribution in [3.63, 3.8) is 0 Å². The topological polar surface area (TPSA) is 72.4 Å². The van der Waals surface area contributed by atoms with Crippen LogP contribution in [0.15, 0.2) is 0 Å². The summed E-state index contributed by atoms with van der Waals surface area (Å²) in [6.45, 7) is 4.39. The third-order valence-corrected chi connectivity index (χ3v) is 3.38. The zero-order chi connectivity index (χ0) is 13.8. The highest BCUT2D eigenvalue weighted by molar-refractivity contribution is 5.26. The SMILES string of the molecule is COc1nc(NN2C(C)CCCC2C)nc(OC)n1. The molecule has 0 spiro atoms. The number of nitrogens with zero attached hydrogens (tertiary/aromatic N) is 4. The molecule has 2 unspecified atom stereocenters. The van der Waals surface area contributed by atoms with Crippen LogP contribution >= 0.6 is 0 Å². The van der Waals surface area contributed by atoms with E-state index in [1.165, 1.54) is 20.6 Å². The first kappa shape index (κ1) is 13.8. The lowest BCUT2D eigenvalue weighted by atomic mass is 10.00. The molecule has 7 heteroatoms. The standard InChI is InChI=1S/C12H21N5O2/c1-8-6-5-7-9(2)17(8)16-10-13-11(18-3)15-12(14-10)19-4/h8-9H,5-7H2,1-4H3,(H,13,14,15,16). The minimum absolute atomic E-state index is 0.242. The highest BCUT2D eigenvalue weighted by Crippen LogP contribution is 2.23. The molecule has 0 radical (unpaired) electrons. The predicted molar refractivity (Wildman–Crippen MR) is 71.2 cm³/mol. The first-order chi connectivity index (χ1) is 9.13. The lowest BCUT2D eigenvalue weighted by Gasteiger charge is -2.38. The molecule has 7 nitrogen and oxygen atoms in total. The molecule has 19 heavy (non-hydrogen) atoms. The summed E-state index contributed by atoms with van der Waals surface area (Å²) >= 11 is 0. The molecular weight excluding hydrogens is 246 g/mol. The Bertz CT molecular complexity index is 396. The monoisotopic (exact) mass is 267 g/mol. The normalized spacial score (nSPS) is 24.0. The van der Waals surface area contributed by atoms with Crippen molar-refractivity contribution in [1.82, 2.24) is 20.0 Å². The third kappa shape index (κ3) is 3.23. The zero-order valence-corrected chi connectivity index (χ0v) is 11.9. The maximum absolute atomic E-state index is 5.04. The summed E-state index contributed by atoms with van der Waals surface area (Å²) in [5.41, 5.74) is 3.24. The molecule has 1 aliphatic heterocycles. The quantitative estimate of drug-likeness (QED) is 0.885. The summed E-state index contributed by atoms with van der Waals surface area (Å²) in [5.74, 6) is 0.448. The molecule has 1 N–H and O–H groups in total. The molecule has 0 bridgehead atoms. The summed E-state index contributed by atoms with van der Waals surface area (Å²) in [7, 11) is 3.04. The molecule has 0 amide bonds. The summed E-state index contributed by atoms with van der Waals surface area (Å²) in [6, 6.07) is 1.37. The van der Waals surface area contributed by atoms with Crippen LogP contribution in [0.3, 0.4) is 0 Å². The van der Waals surface area contributed by atoms with Gasteiger partial charge in [-0.15, -0.1) is 4.98 Å². The predicted octanol–water partition coefficient (Wildman–Crippen LogP) is 1.48. The van der Waals surface area contributed by atoms with E-state index < -0.39 is 0 Å². The second-order valence-electron chi connectivity index (χ2n) is 4.78. The van der Waals surface area contributed by atoms with Crippen LogP contribution in [0.1, 0.15) is 33.1 Å². The van der Waals surface area contributed by atoms with Crippen LogP contribution in [0.2, 0.25) is 0 Å². The average molecular weight is 267 g/mol. The minimum Gasteiger partial charge on any atom is -0.467 e. The molecule has 2 heterocycles. The number of aromatic nitrogens is 3. The van der Waals surface area contributed by atoms with Gasteiger partial charge in [-0.2, -0.15) is 9.97 Å². The van der Waals surface area contributed by atoms with Crippen molar-refractivity contribution in [2.75, 3.05) is 19.6 Å². The van der Waals surface area contributed by atoms with Crippen molar-refractivity contribution in [3.05, 3.63) is 0 Å². The van der Waals surface area contributed by atoms with E-state index in [4.69, 9.17) is 9.47 Å². The number of hydrogen-bond acceptors (Lipinski definition) is 7. The molecule has 1 aromatic rings. The largest absolute Gasteiger partial charge is 0.467 e. The van der Waals surface area contributed by atoms with Gasteiger partial charge in [0.25, 0.3) is 0 Å². The Kier molecular flexibility index (Phi) is 4.36. The van der Waals surface area contributed by atoms with Crippen LogP contribution < -0.4 is 14.9 Å². The molecule has 1 aromatic heterocycles. The Balaban J connectivity index is 2.17. The van der Waals surface area contributed by atoms with E-state index >= 15 is 0 Å². The number of ether oxygens (including phenoxy) is 2. The molecule has 2 rings (SSSR count). The van der Waals surface area contributed by atoms with Gasteiger partial charge < -0.3 is 9.47 Å². The van der Waals surface area contributed by atoms with Crippen molar-refractivity contribution in [2.45, 2.75) is 45.2 Å². The van der Waals surface area contributed by atoms with E-state index in [1.54, 1.807) is 0 Å². The zero-order valence-electron chi connectivity index (χ0n) is 11.9. The summed E-state index contributed by atoms with van der Waals surface area (Å²) < 4.78 is 10.1. The van der Waals surface area contributed by atoms with Gasteiger partial charge in [0.2, 0.25) is 5.95 Å². The lowest BCUT2D eigenvalue weighted by Crippen LogP contribution is -2.47. The van der Waals surface area contributed by atoms with Crippen LogP contribution in [-0.4, -0.2) is 46.3 Å². The second-order valence-corrected chi connectivity index (χ2v) is 4.78. The fourth-order valence-corrected chi connectivity index (χ4v) is 2.33. The minimum atomic E-state index is 0.242. The second kappa shape index (κ2) is 6.01. The van der Waals surface area contributed by atoms with Crippen molar-refractivity contribution in [2.24, 2.45) is 0 Å². The van der Waals surface area contributed by atoms with Crippen LogP contribution in [0, 0.1) is 0 Å². The number of anilines is 1. The van der Waals surface area contributed by atoms with Gasteiger partial charge in [-0.25, -0.2) is 5.01 Å². The molecule has 0 aliphatic carbocycles. The summed E-state index contributed by atoms with van der Waals surface area (Å²) in [4.78, 5) is 12.3. The van der Waals surface area contributed by atoms with Crippen LogP contribution in [0.4, 0.5) is 5.95 Å². The molecule has 1 fully saturated rings. The van der Waals surface area contributed by atoms with Crippen molar-refractivity contribution in [3.8, 4) is 12.0 Å². The Hall–Kier alpha value is -1.63. The van der Waals surface area contributed by atoms with Gasteiger partial charge in [0.05, 0.1) is 14.2 Å². The van der Waals surface area contributed by atoms with Gasteiger partial charge in [0.1, 0.15) is 0 Å². The maximum Gasteiger partial charge on any atom is 0.324 e. The summed E-state index contributed by atoms with van der Waals surface area (Å²) in [5, 5.41) is 2.18. The van der Waals surface area contributed by atoms with Gasteiger partial charge >= 0.3 is 12.0 Å². The number of hydrazine groups is 1. The van der Waals surface area contributed by atoms with E-state index in [9.17, 15) is 0 Å². The first-order valence-electron chi connectivity index (χ1n) is 6.53. The van der Waals surface area contributed by atoms with E-state index in [-0.39, 0.29) is 12.0 Å². The smallest absolute Gasteiger partial charge is 0.324 e. The number of piperidine rings is 1. The van der Waals surface area contributed by atoms with Gasteiger partial charge in [0.15, 0.2) is 0 Å². The van der Waals surface area contributed by atoms with Crippen molar-refractivity contribution in [1.29, 1.82) is 0 Å². The Morgan fingerprint density at radius 1 is 1.00 bits per heavy atom. The first-order valence-corrected chi connectivity index (χ1v) is 6.53. The molecule has 1 saturated heterocycles. The van der Waals surface area contributed by atoms with Gasteiger partial charge in [-0.05, 0) is 26.7 Å². The van der Waals surface area contributed by atoms with Gasteiger partial charge in [-0.3, -0.25) is 5.43 Å². The third-order valence-electron chi connectivity index (χ3n) is 3.38. The van der Waals surface area contributed by atoms with E-state index in [1.807, 2.05) is 0 Å². The number of methoxy groups -OCH3 is 2. The summed E-state index contributed by atoms with van der Waals surface area (Å²) in [6.07, 6.45) is 3.58. The maximum atomic E-state index is 5.04. The van der Waals surface area contributed by atoms with Crippen LogP contribution in [0.5, 0.6) is 12.0 Å². The molecule has 106 valence electrons. The van der Waals surface area contributed by atoms with Gasteiger partial charge in [-0.1, -0.05) is 6.42 Å². The Labute approximate surface area is 113 Å². The van der Waals surface area contributed by atoms with Crippen molar-refractivity contribution >= 4 is 5.95 Å². The highest BCUT2D eigenvalue weighted by atomic mass is 16.5. The van der Waals surface area contributed by atoms with E-state index in [2.05, 4.69) is 39.2 Å². The number of nitrogens with one attached hydrogen (secondary N) is 1. The average Bonchev–Trinajstić information content (AvgIpc) is 2.42. The Morgan fingerprint density at radius 3 is 2.00 bits per heavy atom. The Morgan fingerprint density at radius 2 is 1.53 bits per heavy atom. The van der Waals surface area contributed by atoms with Crippen molar-refractivity contribution < 1.29 is 9.47 Å². The van der Waals surface area contributed by atoms with E-state index in [0.717, 1.165) is 12.8 Å². The number of hydrogen-bond donors (Lipinski definition) is 1. The number of rotatable bonds is 4. The molecule has 0 saturated carbocycles. The molecular formula is C12H21N5O2. The molecule has 0 aromatic carbocycles. The fraction of sp³-hybridized carbons (Fsp3) is 0.750. The fourth-order valence-electron chi connectivity index (χ4n) is 2.33. The van der Waals surface area contributed by atoms with E-state index in [0.29, 0.717) is 18.0 Å². The lowest BCUT2D eigenvalue weighted by molar-refractivity contribution is 0.134.